The second-order valence-electron chi connectivity index (χ2n) is 6.57. The van der Waals surface area contributed by atoms with Crippen LogP contribution < -0.4 is 9.47 Å². The van der Waals surface area contributed by atoms with E-state index in [2.05, 4.69) is 5.10 Å². The van der Waals surface area contributed by atoms with Crippen LogP contribution in [0.4, 0.5) is 0 Å². The number of hydrogen-bond donors (Lipinski definition) is 0. The zero-order valence-corrected chi connectivity index (χ0v) is 16.4. The monoisotopic (exact) mass is 383 g/mol. The molecule has 0 radical (unpaired) electrons. The number of nitrogens with zero attached hydrogens (tertiary/aromatic N) is 3. The van der Waals surface area contributed by atoms with E-state index >= 15 is 0 Å². The second kappa shape index (κ2) is 9.12. The fraction of sp³-hybridized carbons (Fsp3) is 0.333. The second-order valence-corrected chi connectivity index (χ2v) is 6.57. The maximum Gasteiger partial charge on any atom is 0.274 e. The first-order valence-corrected chi connectivity index (χ1v) is 9.16. The zero-order valence-electron chi connectivity index (χ0n) is 16.4. The molecule has 1 aromatic carbocycles. The summed E-state index contributed by atoms with van der Waals surface area (Å²) in [5.41, 5.74) is 0.394. The minimum absolute atomic E-state index is 0.0679. The van der Waals surface area contributed by atoms with Crippen LogP contribution in [-0.2, 0) is 13.2 Å². The van der Waals surface area contributed by atoms with E-state index in [4.69, 9.17) is 13.9 Å². The number of aromatic nitrogens is 2. The summed E-state index contributed by atoms with van der Waals surface area (Å²) in [4.78, 5) is 14.4. The van der Waals surface area contributed by atoms with Crippen LogP contribution in [0, 0.1) is 0 Å². The molecule has 1 atom stereocenters. The van der Waals surface area contributed by atoms with E-state index in [1.54, 1.807) is 42.3 Å². The van der Waals surface area contributed by atoms with Gasteiger partial charge in [-0.05, 0) is 55.8 Å². The third kappa shape index (κ3) is 4.94. The van der Waals surface area contributed by atoms with Gasteiger partial charge in [-0.2, -0.15) is 5.10 Å². The highest BCUT2D eigenvalue weighted by Gasteiger charge is 2.20. The van der Waals surface area contributed by atoms with Crippen molar-refractivity contribution in [2.75, 3.05) is 14.2 Å². The molecule has 3 rings (SSSR count). The molecule has 1 amide bonds. The predicted molar refractivity (Wildman–Crippen MR) is 104 cm³/mol. The smallest absolute Gasteiger partial charge is 0.274 e. The van der Waals surface area contributed by atoms with Crippen LogP contribution in [-0.4, -0.2) is 40.8 Å². The van der Waals surface area contributed by atoms with Crippen LogP contribution in [0.15, 0.2) is 59.3 Å². The van der Waals surface area contributed by atoms with Crippen LogP contribution in [0.3, 0.4) is 0 Å². The number of methoxy groups -OCH3 is 1. The van der Waals surface area contributed by atoms with E-state index < -0.39 is 0 Å². The first-order chi connectivity index (χ1) is 13.6. The van der Waals surface area contributed by atoms with E-state index in [0.717, 1.165) is 24.4 Å². The van der Waals surface area contributed by atoms with Crippen molar-refractivity contribution in [2.45, 2.75) is 32.5 Å². The minimum atomic E-state index is -0.116. The summed E-state index contributed by atoms with van der Waals surface area (Å²) in [6.07, 6.45) is 5.00. The normalized spacial score (nSPS) is 11.8. The van der Waals surface area contributed by atoms with Crippen molar-refractivity contribution in [3.05, 3.63) is 66.4 Å². The van der Waals surface area contributed by atoms with Gasteiger partial charge in [0.05, 0.1) is 13.4 Å². The third-order valence-corrected chi connectivity index (χ3v) is 4.65. The number of carbonyl (C=O) groups excluding carboxylic acids is 1. The first kappa shape index (κ1) is 19.5. The molecule has 0 aliphatic carbocycles. The van der Waals surface area contributed by atoms with E-state index in [9.17, 15) is 4.79 Å². The third-order valence-electron chi connectivity index (χ3n) is 4.65. The Bertz CT molecular complexity index is 871. The van der Waals surface area contributed by atoms with Gasteiger partial charge in [0.25, 0.3) is 5.91 Å². The molecule has 7 heteroatoms. The number of benzene rings is 1. The highest BCUT2D eigenvalue weighted by Crippen LogP contribution is 2.17. The van der Waals surface area contributed by atoms with Crippen molar-refractivity contribution >= 4 is 5.91 Å². The van der Waals surface area contributed by atoms with Gasteiger partial charge in [0, 0.05) is 25.7 Å². The van der Waals surface area contributed by atoms with Crippen LogP contribution >= 0.6 is 0 Å². The fourth-order valence-corrected chi connectivity index (χ4v) is 2.74. The average molecular weight is 383 g/mol. The Morgan fingerprint density at radius 3 is 2.64 bits per heavy atom. The zero-order chi connectivity index (χ0) is 19.9. The molecule has 0 aliphatic heterocycles. The lowest BCUT2D eigenvalue weighted by Gasteiger charge is -2.23. The summed E-state index contributed by atoms with van der Waals surface area (Å²) in [7, 11) is 3.41. The van der Waals surface area contributed by atoms with Gasteiger partial charge in [-0.3, -0.25) is 4.79 Å². The lowest BCUT2D eigenvalue weighted by Crippen LogP contribution is -2.35. The molecule has 0 aliphatic rings. The molecule has 1 unspecified atom stereocenters. The summed E-state index contributed by atoms with van der Waals surface area (Å²) in [5.74, 6) is 2.28. The van der Waals surface area contributed by atoms with E-state index in [0.29, 0.717) is 11.4 Å². The van der Waals surface area contributed by atoms with Crippen molar-refractivity contribution in [1.82, 2.24) is 14.7 Å². The number of rotatable bonds is 9. The maximum atomic E-state index is 12.7. The largest absolute Gasteiger partial charge is 0.497 e. The van der Waals surface area contributed by atoms with Crippen LogP contribution in [0.2, 0.25) is 0 Å². The molecular weight excluding hydrogens is 358 g/mol. The molecule has 0 saturated carbocycles. The lowest BCUT2D eigenvalue weighted by atomic mass is 10.1. The summed E-state index contributed by atoms with van der Waals surface area (Å²) in [6, 6.07) is 12.9. The minimum Gasteiger partial charge on any atom is -0.497 e. The Morgan fingerprint density at radius 1 is 1.21 bits per heavy atom. The molecule has 148 valence electrons. The summed E-state index contributed by atoms with van der Waals surface area (Å²) in [6.45, 7) is 2.24. The molecule has 7 nitrogen and oxygen atoms in total. The van der Waals surface area contributed by atoms with Gasteiger partial charge in [0.15, 0.2) is 12.4 Å². The van der Waals surface area contributed by atoms with Gasteiger partial charge in [0.2, 0.25) is 0 Å². The number of carbonyl (C=O) groups is 1. The average Bonchev–Trinajstić information content (AvgIpc) is 3.41. The molecule has 0 saturated heterocycles. The quantitative estimate of drug-likeness (QED) is 0.564. The molecule has 0 N–H and O–H groups in total. The van der Waals surface area contributed by atoms with Crippen molar-refractivity contribution in [1.29, 1.82) is 0 Å². The van der Waals surface area contributed by atoms with Crippen molar-refractivity contribution < 1.29 is 18.7 Å². The molecular formula is C21H25N3O4. The van der Waals surface area contributed by atoms with E-state index in [1.165, 1.54) is 0 Å². The fourth-order valence-electron chi connectivity index (χ4n) is 2.74. The molecule has 0 fully saturated rings. The lowest BCUT2D eigenvalue weighted by molar-refractivity contribution is 0.0728. The van der Waals surface area contributed by atoms with Gasteiger partial charge in [0.1, 0.15) is 17.3 Å². The van der Waals surface area contributed by atoms with Gasteiger partial charge < -0.3 is 18.8 Å². The first-order valence-electron chi connectivity index (χ1n) is 9.16. The van der Waals surface area contributed by atoms with Crippen LogP contribution in [0.25, 0.3) is 0 Å². The van der Waals surface area contributed by atoms with E-state index in [1.807, 2.05) is 43.3 Å². The highest BCUT2D eigenvalue weighted by atomic mass is 16.5. The Hall–Kier alpha value is -3.22. The molecule has 0 bridgehead atoms. The molecule has 28 heavy (non-hydrogen) atoms. The van der Waals surface area contributed by atoms with Gasteiger partial charge in [-0.25, -0.2) is 4.68 Å². The number of amides is 1. The topological polar surface area (TPSA) is 69.7 Å². The molecule has 2 aromatic heterocycles. The summed E-state index contributed by atoms with van der Waals surface area (Å²) >= 11 is 0. The SMILES string of the molecule is COc1ccc(OCn2ccc(C(=O)N(C)C(C)CCc3ccco3)n2)cc1. The van der Waals surface area contributed by atoms with Crippen LogP contribution in [0.5, 0.6) is 11.5 Å². The number of ether oxygens (including phenoxy) is 2. The Labute approximate surface area is 164 Å². The number of furan rings is 1. The van der Waals surface area contributed by atoms with Crippen molar-refractivity contribution in [3.63, 3.8) is 0 Å². The molecule has 3 aromatic rings. The number of aryl methyl sites for hydroxylation is 1. The van der Waals surface area contributed by atoms with Gasteiger partial charge >= 0.3 is 0 Å². The summed E-state index contributed by atoms with van der Waals surface area (Å²) < 4.78 is 17.7. The maximum absolute atomic E-state index is 12.7. The van der Waals surface area contributed by atoms with Gasteiger partial charge in [-0.15, -0.1) is 0 Å². The predicted octanol–water partition coefficient (Wildman–Crippen LogP) is 3.61. The highest BCUT2D eigenvalue weighted by molar-refractivity contribution is 5.92. The standard InChI is InChI=1S/C21H25N3O4/c1-16(6-7-18-5-4-14-27-18)23(2)21(25)20-12-13-24(22-20)15-28-19-10-8-17(26-3)9-11-19/h4-5,8-14,16H,6-7,15H2,1-3H3. The van der Waals surface area contributed by atoms with Gasteiger partial charge in [-0.1, -0.05) is 0 Å². The Balaban J connectivity index is 1.52. The van der Waals surface area contributed by atoms with Crippen LogP contribution in [0.1, 0.15) is 29.6 Å². The molecule has 0 spiro atoms. The van der Waals surface area contributed by atoms with Crippen molar-refractivity contribution in [2.24, 2.45) is 0 Å². The summed E-state index contributed by atoms with van der Waals surface area (Å²) in [5, 5.41) is 4.33. The number of hydrogen-bond acceptors (Lipinski definition) is 5. The Kier molecular flexibility index (Phi) is 6.37. The Morgan fingerprint density at radius 2 is 1.96 bits per heavy atom. The van der Waals surface area contributed by atoms with E-state index in [-0.39, 0.29) is 18.7 Å². The molecule has 2 heterocycles. The van der Waals surface area contributed by atoms with Crippen molar-refractivity contribution in [3.8, 4) is 11.5 Å².